The Morgan fingerprint density at radius 2 is 1.50 bits per heavy atom. The second-order valence-electron chi connectivity index (χ2n) is 9.80. The maximum atomic E-state index is 13.1. The largest absolute Gasteiger partial charge is 0.243 e. The van der Waals surface area contributed by atoms with E-state index in [0.29, 0.717) is 18.0 Å². The van der Waals surface area contributed by atoms with Gasteiger partial charge in [-0.05, 0) is 80.3 Å². The van der Waals surface area contributed by atoms with Gasteiger partial charge in [-0.25, -0.2) is 13.4 Å². The van der Waals surface area contributed by atoms with Gasteiger partial charge in [-0.1, -0.05) is 48.4 Å². The highest BCUT2D eigenvalue weighted by Crippen LogP contribution is 2.42. The number of hydrogen-bond donors (Lipinski definition) is 0. The molecule has 2 aliphatic rings. The molecule has 7 heteroatoms. The number of fused-ring (bicyclic) bond motifs is 3. The lowest BCUT2D eigenvalue weighted by Gasteiger charge is -2.25. The standard InChI is InChI=1S/C29H30N2O2S2.ClH/c1-20-9-11-21(12-10-20)25-19-26(30-29-28(25)24-7-3-4-8-27(24)34-29)22-13-15-23(16-14-22)35(32,33)31-17-5-2-6-18-31;/h9-16,19H,2-8,17-18H2,1H3;1H. The van der Waals surface area contributed by atoms with Crippen LogP contribution in [0, 0.1) is 6.92 Å². The van der Waals surface area contributed by atoms with E-state index in [1.165, 1.54) is 45.4 Å². The minimum atomic E-state index is -3.44. The molecule has 4 nitrogen and oxygen atoms in total. The van der Waals surface area contributed by atoms with Crippen LogP contribution in [0.2, 0.25) is 0 Å². The number of rotatable bonds is 4. The van der Waals surface area contributed by atoms with Crippen LogP contribution < -0.4 is 0 Å². The van der Waals surface area contributed by atoms with Crippen LogP contribution in [0.5, 0.6) is 0 Å². The lowest BCUT2D eigenvalue weighted by atomic mass is 9.92. The van der Waals surface area contributed by atoms with Gasteiger partial charge in [-0.3, -0.25) is 0 Å². The van der Waals surface area contributed by atoms with E-state index in [1.807, 2.05) is 23.5 Å². The van der Waals surface area contributed by atoms with Crippen LogP contribution in [0.4, 0.5) is 0 Å². The van der Waals surface area contributed by atoms with Gasteiger partial charge in [0.2, 0.25) is 10.0 Å². The van der Waals surface area contributed by atoms with E-state index in [1.54, 1.807) is 16.4 Å². The number of nitrogens with zero attached hydrogens (tertiary/aromatic N) is 2. The third-order valence-corrected chi connectivity index (χ3v) is 10.5. The van der Waals surface area contributed by atoms with E-state index in [-0.39, 0.29) is 12.4 Å². The molecule has 36 heavy (non-hydrogen) atoms. The molecule has 2 aromatic heterocycles. The minimum absolute atomic E-state index is 0. The fourth-order valence-electron chi connectivity index (χ4n) is 5.42. The molecule has 188 valence electrons. The molecule has 4 aromatic rings. The van der Waals surface area contributed by atoms with Gasteiger partial charge in [0.1, 0.15) is 4.83 Å². The number of aryl methyl sites for hydroxylation is 3. The number of halogens is 1. The highest BCUT2D eigenvalue weighted by Gasteiger charge is 2.26. The second-order valence-corrected chi connectivity index (χ2v) is 12.8. The van der Waals surface area contributed by atoms with Crippen molar-refractivity contribution in [3.63, 3.8) is 0 Å². The summed E-state index contributed by atoms with van der Waals surface area (Å²) in [6.45, 7) is 3.35. The highest BCUT2D eigenvalue weighted by molar-refractivity contribution is 7.89. The molecule has 0 spiro atoms. The van der Waals surface area contributed by atoms with Gasteiger partial charge in [0.05, 0.1) is 10.6 Å². The van der Waals surface area contributed by atoms with Crippen molar-refractivity contribution in [3.8, 4) is 22.4 Å². The molecule has 6 rings (SSSR count). The molecule has 1 saturated heterocycles. The molecular formula is C29H31ClN2O2S2. The van der Waals surface area contributed by atoms with E-state index < -0.39 is 10.0 Å². The molecule has 0 radical (unpaired) electrons. The van der Waals surface area contributed by atoms with Crippen molar-refractivity contribution in [2.45, 2.75) is 56.8 Å². The van der Waals surface area contributed by atoms with Gasteiger partial charge >= 0.3 is 0 Å². The summed E-state index contributed by atoms with van der Waals surface area (Å²) in [5.41, 5.74) is 7.01. The normalized spacial score (nSPS) is 16.5. The van der Waals surface area contributed by atoms with Crippen LogP contribution in [-0.4, -0.2) is 30.8 Å². The van der Waals surface area contributed by atoms with E-state index in [2.05, 4.69) is 37.3 Å². The van der Waals surface area contributed by atoms with Crippen LogP contribution in [0.3, 0.4) is 0 Å². The predicted octanol–water partition coefficient (Wildman–Crippen LogP) is 7.41. The predicted molar refractivity (Wildman–Crippen MR) is 152 cm³/mol. The summed E-state index contributed by atoms with van der Waals surface area (Å²) in [4.78, 5) is 8.04. The minimum Gasteiger partial charge on any atom is -0.237 e. The summed E-state index contributed by atoms with van der Waals surface area (Å²) in [6.07, 6.45) is 7.73. The van der Waals surface area contributed by atoms with Gasteiger partial charge in [-0.2, -0.15) is 4.31 Å². The molecule has 0 atom stereocenters. The first-order valence-corrected chi connectivity index (χ1v) is 14.9. The van der Waals surface area contributed by atoms with E-state index in [4.69, 9.17) is 4.98 Å². The smallest absolute Gasteiger partial charge is 0.237 e. The summed E-state index contributed by atoms with van der Waals surface area (Å²) >= 11 is 1.83. The molecule has 0 N–H and O–H groups in total. The van der Waals surface area contributed by atoms with E-state index in [9.17, 15) is 8.42 Å². The average Bonchev–Trinajstić information content (AvgIpc) is 3.28. The van der Waals surface area contributed by atoms with Crippen molar-refractivity contribution < 1.29 is 8.42 Å². The molecule has 1 aliphatic heterocycles. The number of sulfonamides is 1. The number of piperidine rings is 1. The van der Waals surface area contributed by atoms with Crippen molar-refractivity contribution in [1.82, 2.24) is 9.29 Å². The first-order chi connectivity index (χ1) is 17.0. The first-order valence-electron chi connectivity index (χ1n) is 12.6. The number of benzene rings is 2. The SMILES string of the molecule is Cc1ccc(-c2cc(-c3ccc(S(=O)(=O)N4CCCCC4)cc3)nc3sc4c(c23)CCCC4)cc1.Cl. The summed E-state index contributed by atoms with van der Waals surface area (Å²) in [5.74, 6) is 0. The molecule has 0 bridgehead atoms. The molecular weight excluding hydrogens is 508 g/mol. The zero-order chi connectivity index (χ0) is 24.0. The fourth-order valence-corrected chi connectivity index (χ4v) is 8.22. The average molecular weight is 539 g/mol. The van der Waals surface area contributed by atoms with Crippen molar-refractivity contribution in [1.29, 1.82) is 0 Å². The van der Waals surface area contributed by atoms with Crippen molar-refractivity contribution >= 4 is 44.0 Å². The van der Waals surface area contributed by atoms with Crippen molar-refractivity contribution in [2.24, 2.45) is 0 Å². The number of hydrogen-bond acceptors (Lipinski definition) is 4. The van der Waals surface area contributed by atoms with Gasteiger partial charge in [0, 0.05) is 28.9 Å². The Hall–Kier alpha value is -2.25. The lowest BCUT2D eigenvalue weighted by Crippen LogP contribution is -2.35. The zero-order valence-electron chi connectivity index (χ0n) is 20.5. The second kappa shape index (κ2) is 10.3. The Labute approximate surface area is 223 Å². The van der Waals surface area contributed by atoms with Crippen LogP contribution >= 0.6 is 23.7 Å². The quantitative estimate of drug-likeness (QED) is 0.272. The third-order valence-electron chi connectivity index (χ3n) is 7.39. The molecule has 0 saturated carbocycles. The van der Waals surface area contributed by atoms with Crippen LogP contribution in [0.15, 0.2) is 59.5 Å². The maximum absolute atomic E-state index is 13.1. The zero-order valence-corrected chi connectivity index (χ0v) is 22.9. The number of thiophene rings is 1. The Morgan fingerprint density at radius 1 is 0.833 bits per heavy atom. The Balaban J connectivity index is 0.00000267. The summed E-state index contributed by atoms with van der Waals surface area (Å²) < 4.78 is 27.8. The van der Waals surface area contributed by atoms with Crippen LogP contribution in [0.25, 0.3) is 32.6 Å². The van der Waals surface area contributed by atoms with Crippen LogP contribution in [-0.2, 0) is 22.9 Å². The summed E-state index contributed by atoms with van der Waals surface area (Å²) in [5, 5.41) is 1.31. The third kappa shape index (κ3) is 4.60. The molecule has 0 unspecified atom stereocenters. The first kappa shape index (κ1) is 25.4. The monoisotopic (exact) mass is 538 g/mol. The van der Waals surface area contributed by atoms with Gasteiger partial charge < -0.3 is 0 Å². The lowest BCUT2D eigenvalue weighted by molar-refractivity contribution is 0.346. The Morgan fingerprint density at radius 3 is 2.22 bits per heavy atom. The van der Waals surface area contributed by atoms with Gasteiger partial charge in [-0.15, -0.1) is 23.7 Å². The van der Waals surface area contributed by atoms with Crippen LogP contribution in [0.1, 0.15) is 48.1 Å². The Kier molecular flexibility index (Phi) is 7.23. The molecule has 3 heterocycles. The molecule has 1 aliphatic carbocycles. The fraction of sp³-hybridized carbons (Fsp3) is 0.345. The number of pyridine rings is 1. The maximum Gasteiger partial charge on any atom is 0.243 e. The summed E-state index contributed by atoms with van der Waals surface area (Å²) in [6, 6.07) is 18.3. The van der Waals surface area contributed by atoms with Crippen molar-refractivity contribution in [3.05, 3.63) is 70.6 Å². The molecule has 0 amide bonds. The number of aromatic nitrogens is 1. The molecule has 2 aromatic carbocycles. The van der Waals surface area contributed by atoms with E-state index >= 15 is 0 Å². The summed E-state index contributed by atoms with van der Waals surface area (Å²) in [7, 11) is -3.44. The molecule has 1 fully saturated rings. The highest BCUT2D eigenvalue weighted by atomic mass is 35.5. The van der Waals surface area contributed by atoms with Gasteiger partial charge in [0.15, 0.2) is 0 Å². The topological polar surface area (TPSA) is 50.3 Å². The van der Waals surface area contributed by atoms with Crippen molar-refractivity contribution in [2.75, 3.05) is 13.1 Å². The Bertz CT molecular complexity index is 1490. The van der Waals surface area contributed by atoms with Gasteiger partial charge in [0.25, 0.3) is 0 Å². The van der Waals surface area contributed by atoms with E-state index in [0.717, 1.165) is 48.2 Å².